The van der Waals surface area contributed by atoms with Crippen molar-refractivity contribution >= 4 is 11.5 Å². The maximum Gasteiger partial charge on any atom is 0.338 e. The first-order valence-electron chi connectivity index (χ1n) is 8.95. The number of rotatable bonds is 4. The molecule has 2 aromatic carbocycles. The lowest BCUT2D eigenvalue weighted by Crippen LogP contribution is -2.08. The van der Waals surface area contributed by atoms with Crippen LogP contribution in [0.2, 0.25) is 0 Å². The number of fused-ring (bicyclic) bond motifs is 2. The van der Waals surface area contributed by atoms with Gasteiger partial charge in [0.25, 0.3) is 0 Å². The second-order valence-corrected chi connectivity index (χ2v) is 6.26. The van der Waals surface area contributed by atoms with Gasteiger partial charge in [-0.1, -0.05) is 19.9 Å². The van der Waals surface area contributed by atoms with Crippen LogP contribution in [0.25, 0.3) is 5.57 Å². The number of benzene rings is 2. The summed E-state index contributed by atoms with van der Waals surface area (Å²) in [6.07, 6.45) is 1.28. The predicted octanol–water partition coefficient (Wildman–Crippen LogP) is 5.02. The Morgan fingerprint density at radius 3 is 2.70 bits per heavy atom. The molecule has 0 radical (unpaired) electrons. The predicted molar refractivity (Wildman–Crippen MR) is 99.7 cm³/mol. The number of allylic oxidation sites excluding steroid dienone is 1. The number of ether oxygens (including phenoxy) is 2. The van der Waals surface area contributed by atoms with Gasteiger partial charge in [0.1, 0.15) is 18.2 Å². The highest BCUT2D eigenvalue weighted by molar-refractivity contribution is 5.93. The highest BCUT2D eigenvalue weighted by atomic mass is 19.1. The van der Waals surface area contributed by atoms with Gasteiger partial charge < -0.3 is 9.47 Å². The first-order valence-corrected chi connectivity index (χ1v) is 8.95. The fourth-order valence-electron chi connectivity index (χ4n) is 3.12. The van der Waals surface area contributed by atoms with Crippen LogP contribution in [0.15, 0.2) is 42.0 Å². The van der Waals surface area contributed by atoms with E-state index in [9.17, 15) is 14.4 Å². The highest BCUT2D eigenvalue weighted by Crippen LogP contribution is 2.39. The zero-order valence-electron chi connectivity index (χ0n) is 15.3. The first kappa shape index (κ1) is 18.7. The van der Waals surface area contributed by atoms with Crippen molar-refractivity contribution < 1.29 is 18.7 Å². The van der Waals surface area contributed by atoms with Crippen molar-refractivity contribution in [2.45, 2.75) is 33.3 Å². The molecule has 0 atom stereocenters. The van der Waals surface area contributed by atoms with Crippen LogP contribution in [0.3, 0.4) is 0 Å². The maximum absolute atomic E-state index is 13.7. The molecule has 1 aliphatic heterocycles. The molecule has 1 aliphatic rings. The third kappa shape index (κ3) is 3.70. The number of carbonyl (C=O) groups excluding carboxylic acids is 1. The molecule has 4 nitrogen and oxygen atoms in total. The van der Waals surface area contributed by atoms with E-state index in [1.54, 1.807) is 18.2 Å². The quantitative estimate of drug-likeness (QED) is 0.564. The normalized spacial score (nSPS) is 14.1. The van der Waals surface area contributed by atoms with Gasteiger partial charge >= 0.3 is 5.97 Å². The van der Waals surface area contributed by atoms with Gasteiger partial charge in [0.2, 0.25) is 0 Å². The Morgan fingerprint density at radius 1 is 1.22 bits per heavy atom. The molecule has 138 valence electrons. The fourth-order valence-corrected chi connectivity index (χ4v) is 3.12. The van der Waals surface area contributed by atoms with E-state index in [4.69, 9.17) is 9.47 Å². The Hall–Kier alpha value is -3.13. The van der Waals surface area contributed by atoms with E-state index in [0.29, 0.717) is 35.5 Å². The molecule has 0 saturated heterocycles. The average Bonchev–Trinajstić information content (AvgIpc) is 2.84. The lowest BCUT2D eigenvalue weighted by molar-refractivity contribution is 0.0505. The molecule has 1 heterocycles. The van der Waals surface area contributed by atoms with Crippen LogP contribution in [0.1, 0.15) is 53.7 Å². The SMILES string of the molecule is CCCOC(=O)c1ccc2c(c1)COc1cc(F)ccc1/C2=C(/C#N)CC. The molecular formula is C22H20FNO3. The largest absolute Gasteiger partial charge is 0.488 e. The number of halogens is 1. The summed E-state index contributed by atoms with van der Waals surface area (Å²) in [6.45, 7) is 4.36. The molecule has 0 unspecified atom stereocenters. The summed E-state index contributed by atoms with van der Waals surface area (Å²) in [4.78, 5) is 12.2. The molecule has 0 bridgehead atoms. The van der Waals surface area contributed by atoms with Crippen LogP contribution in [0, 0.1) is 17.1 Å². The number of hydrogen-bond acceptors (Lipinski definition) is 4. The smallest absolute Gasteiger partial charge is 0.338 e. The Morgan fingerprint density at radius 2 is 2.00 bits per heavy atom. The van der Waals surface area contributed by atoms with E-state index in [2.05, 4.69) is 6.07 Å². The van der Waals surface area contributed by atoms with Crippen molar-refractivity contribution in [1.82, 2.24) is 0 Å². The average molecular weight is 365 g/mol. The summed E-state index contributed by atoms with van der Waals surface area (Å²) in [5.41, 5.74) is 3.97. The highest BCUT2D eigenvalue weighted by Gasteiger charge is 2.23. The summed E-state index contributed by atoms with van der Waals surface area (Å²) in [5, 5.41) is 9.62. The van der Waals surface area contributed by atoms with Crippen molar-refractivity contribution in [3.8, 4) is 11.8 Å². The molecule has 0 saturated carbocycles. The van der Waals surface area contributed by atoms with E-state index < -0.39 is 11.8 Å². The van der Waals surface area contributed by atoms with Gasteiger partial charge in [-0.2, -0.15) is 5.26 Å². The second-order valence-electron chi connectivity index (χ2n) is 6.26. The van der Waals surface area contributed by atoms with Crippen molar-refractivity contribution in [2.24, 2.45) is 0 Å². The Balaban J connectivity index is 2.16. The standard InChI is InChI=1S/C22H20FNO3/c1-3-9-26-22(25)15-5-7-18-16(10-15)13-27-20-11-17(23)6-8-19(20)21(18)14(4-2)12-24/h5-8,10-11H,3-4,9,13H2,1-2H3/b21-14+. The molecule has 5 heteroatoms. The summed E-state index contributed by atoms with van der Waals surface area (Å²) in [6, 6.07) is 11.8. The van der Waals surface area contributed by atoms with Gasteiger partial charge in [-0.15, -0.1) is 0 Å². The molecule has 0 amide bonds. The minimum atomic E-state index is -0.405. The van der Waals surface area contributed by atoms with Gasteiger partial charge in [0.15, 0.2) is 0 Å². The van der Waals surface area contributed by atoms with Crippen LogP contribution in [-0.2, 0) is 11.3 Å². The summed E-state index contributed by atoms with van der Waals surface area (Å²) in [7, 11) is 0. The number of carbonyl (C=O) groups is 1. The molecule has 2 aromatic rings. The number of hydrogen-bond donors (Lipinski definition) is 0. The zero-order chi connectivity index (χ0) is 19.4. The Bertz CT molecular complexity index is 957. The first-order chi connectivity index (χ1) is 13.1. The van der Waals surface area contributed by atoms with E-state index in [1.807, 2.05) is 19.9 Å². The van der Waals surface area contributed by atoms with Crippen molar-refractivity contribution in [1.29, 1.82) is 5.26 Å². The molecule has 0 aliphatic carbocycles. The van der Waals surface area contributed by atoms with Crippen LogP contribution in [0.5, 0.6) is 5.75 Å². The van der Waals surface area contributed by atoms with Crippen LogP contribution in [0.4, 0.5) is 4.39 Å². The second kappa shape index (κ2) is 8.05. The minimum absolute atomic E-state index is 0.173. The van der Waals surface area contributed by atoms with E-state index in [0.717, 1.165) is 23.1 Å². The van der Waals surface area contributed by atoms with E-state index >= 15 is 0 Å². The molecular weight excluding hydrogens is 345 g/mol. The molecule has 0 fully saturated rings. The molecule has 0 spiro atoms. The van der Waals surface area contributed by atoms with Gasteiger partial charge in [-0.25, -0.2) is 9.18 Å². The summed E-state index contributed by atoms with van der Waals surface area (Å²) in [5.74, 6) is -0.413. The number of esters is 1. The lowest BCUT2D eigenvalue weighted by atomic mass is 9.89. The fraction of sp³-hybridized carbons (Fsp3) is 0.273. The maximum atomic E-state index is 13.7. The molecule has 0 N–H and O–H groups in total. The molecule has 27 heavy (non-hydrogen) atoms. The van der Waals surface area contributed by atoms with Crippen molar-refractivity contribution in [3.63, 3.8) is 0 Å². The van der Waals surface area contributed by atoms with Gasteiger partial charge in [0.05, 0.1) is 18.2 Å². The third-order valence-electron chi connectivity index (χ3n) is 4.43. The number of nitriles is 1. The van der Waals surface area contributed by atoms with Crippen molar-refractivity contribution in [3.05, 3.63) is 70.0 Å². The Kier molecular flexibility index (Phi) is 5.56. The summed E-state index contributed by atoms with van der Waals surface area (Å²) < 4.78 is 24.7. The topological polar surface area (TPSA) is 59.3 Å². The van der Waals surface area contributed by atoms with Crippen molar-refractivity contribution in [2.75, 3.05) is 6.61 Å². The van der Waals surface area contributed by atoms with E-state index in [1.165, 1.54) is 12.1 Å². The van der Waals surface area contributed by atoms with Crippen LogP contribution >= 0.6 is 0 Å². The van der Waals surface area contributed by atoms with Gasteiger partial charge in [-0.05, 0) is 48.2 Å². The van der Waals surface area contributed by atoms with E-state index in [-0.39, 0.29) is 6.61 Å². The van der Waals surface area contributed by atoms with Crippen LogP contribution < -0.4 is 4.74 Å². The van der Waals surface area contributed by atoms with Gasteiger partial charge in [0, 0.05) is 22.8 Å². The molecule has 3 rings (SSSR count). The minimum Gasteiger partial charge on any atom is -0.488 e. The molecule has 0 aromatic heterocycles. The van der Waals surface area contributed by atoms with Gasteiger partial charge in [-0.3, -0.25) is 0 Å². The van der Waals surface area contributed by atoms with Crippen LogP contribution in [-0.4, -0.2) is 12.6 Å². The third-order valence-corrected chi connectivity index (χ3v) is 4.43. The zero-order valence-corrected chi connectivity index (χ0v) is 15.3. The Labute approximate surface area is 157 Å². The summed E-state index contributed by atoms with van der Waals surface area (Å²) >= 11 is 0. The lowest BCUT2D eigenvalue weighted by Gasteiger charge is -2.13. The number of nitrogens with zero attached hydrogens (tertiary/aromatic N) is 1. The monoisotopic (exact) mass is 365 g/mol.